The second kappa shape index (κ2) is 6.78. The molecule has 0 bridgehead atoms. The van der Waals surface area contributed by atoms with E-state index >= 15 is 0 Å². The molecule has 0 spiro atoms. The van der Waals surface area contributed by atoms with Gasteiger partial charge in [-0.25, -0.2) is 0 Å². The average molecular weight is 265 g/mol. The van der Waals surface area contributed by atoms with E-state index in [0.29, 0.717) is 12.2 Å². The quantitative estimate of drug-likeness (QED) is 0.771. The lowest BCUT2D eigenvalue weighted by Gasteiger charge is -2.21. The van der Waals surface area contributed by atoms with Gasteiger partial charge in [-0.05, 0) is 19.4 Å². The minimum Gasteiger partial charge on any atom is -0.496 e. The first-order valence-electron chi connectivity index (χ1n) is 6.17. The maximum absolute atomic E-state index is 11.8. The number of methoxy groups -OCH3 is 1. The summed E-state index contributed by atoms with van der Waals surface area (Å²) in [5.41, 5.74) is 0.846. The first-order valence-corrected chi connectivity index (χ1v) is 6.17. The molecule has 2 unspecified atom stereocenters. The number of carbonyl (C=O) groups excluding carboxylic acids is 1. The third-order valence-corrected chi connectivity index (χ3v) is 3.00. The molecule has 0 aliphatic rings. The summed E-state index contributed by atoms with van der Waals surface area (Å²) in [6, 6.07) is 7.11. The number of hydrogen-bond acceptors (Lipinski definition) is 3. The van der Waals surface area contributed by atoms with E-state index in [1.54, 1.807) is 7.11 Å². The van der Waals surface area contributed by atoms with Crippen LogP contribution in [-0.4, -0.2) is 24.1 Å². The number of benzene rings is 1. The van der Waals surface area contributed by atoms with Gasteiger partial charge in [0.15, 0.2) is 0 Å². The highest BCUT2D eigenvalue weighted by Crippen LogP contribution is 2.26. The van der Waals surface area contributed by atoms with Crippen LogP contribution in [0, 0.1) is 5.92 Å². The topological polar surface area (TPSA) is 75.6 Å². The fraction of sp³-hybridized carbons (Fsp3) is 0.429. The van der Waals surface area contributed by atoms with Gasteiger partial charge in [-0.1, -0.05) is 25.1 Å². The van der Waals surface area contributed by atoms with Crippen molar-refractivity contribution in [2.24, 2.45) is 5.92 Å². The van der Waals surface area contributed by atoms with Gasteiger partial charge in [0.2, 0.25) is 5.91 Å². The zero-order valence-electron chi connectivity index (χ0n) is 11.3. The van der Waals surface area contributed by atoms with E-state index < -0.39 is 17.8 Å². The van der Waals surface area contributed by atoms with E-state index in [2.05, 4.69) is 5.32 Å². The molecular weight excluding hydrogens is 246 g/mol. The van der Waals surface area contributed by atoms with Gasteiger partial charge in [-0.3, -0.25) is 9.59 Å². The predicted octanol–water partition coefficient (Wildman–Crippen LogP) is 1.98. The van der Waals surface area contributed by atoms with E-state index in [1.807, 2.05) is 31.2 Å². The highest BCUT2D eigenvalue weighted by atomic mass is 16.5. The van der Waals surface area contributed by atoms with Gasteiger partial charge in [0.05, 0.1) is 13.2 Å². The zero-order chi connectivity index (χ0) is 14.4. The summed E-state index contributed by atoms with van der Waals surface area (Å²) in [7, 11) is 1.56. The second-order valence-electron chi connectivity index (χ2n) is 4.27. The lowest BCUT2D eigenvalue weighted by molar-refractivity contribution is -0.146. The highest BCUT2D eigenvalue weighted by Gasteiger charge is 2.24. The molecule has 0 heterocycles. The summed E-state index contributed by atoms with van der Waals surface area (Å²) >= 11 is 0. The van der Waals surface area contributed by atoms with Gasteiger partial charge in [0.1, 0.15) is 11.7 Å². The molecular formula is C14H19NO4. The molecule has 2 atom stereocenters. The third kappa shape index (κ3) is 3.71. The Balaban J connectivity index is 2.89. The van der Waals surface area contributed by atoms with Crippen molar-refractivity contribution < 1.29 is 19.4 Å². The minimum absolute atomic E-state index is 0.259. The molecule has 1 rings (SSSR count). The van der Waals surface area contributed by atoms with E-state index in [-0.39, 0.29) is 6.04 Å². The fourth-order valence-corrected chi connectivity index (χ4v) is 1.76. The summed E-state index contributed by atoms with van der Waals surface area (Å²) in [6.45, 7) is 3.29. The molecule has 0 aliphatic heterocycles. The fourth-order valence-electron chi connectivity index (χ4n) is 1.76. The van der Waals surface area contributed by atoms with Crippen LogP contribution in [0.25, 0.3) is 0 Å². The molecule has 104 valence electrons. The summed E-state index contributed by atoms with van der Waals surface area (Å²) < 4.78 is 5.25. The number of amides is 1. The van der Waals surface area contributed by atoms with E-state index in [0.717, 1.165) is 5.56 Å². The number of nitrogens with one attached hydrogen (secondary N) is 1. The van der Waals surface area contributed by atoms with Crippen molar-refractivity contribution in [1.82, 2.24) is 5.32 Å². The van der Waals surface area contributed by atoms with Gasteiger partial charge in [-0.15, -0.1) is 0 Å². The Morgan fingerprint density at radius 2 is 2.00 bits per heavy atom. The molecule has 0 saturated carbocycles. The van der Waals surface area contributed by atoms with Crippen molar-refractivity contribution in [2.45, 2.75) is 26.3 Å². The number of hydrogen-bond donors (Lipinski definition) is 2. The molecule has 1 aromatic carbocycles. The number of ether oxygens (including phenoxy) is 1. The Labute approximate surface area is 112 Å². The lowest BCUT2D eigenvalue weighted by Crippen LogP contribution is -2.36. The van der Waals surface area contributed by atoms with Gasteiger partial charge in [0, 0.05) is 5.56 Å². The zero-order valence-corrected chi connectivity index (χ0v) is 11.3. The number of carbonyl (C=O) groups is 2. The molecule has 0 fully saturated rings. The first-order chi connectivity index (χ1) is 9.01. The Kier molecular flexibility index (Phi) is 5.36. The summed E-state index contributed by atoms with van der Waals surface area (Å²) in [4.78, 5) is 22.6. The highest BCUT2D eigenvalue weighted by molar-refractivity contribution is 5.96. The van der Waals surface area contributed by atoms with Crippen molar-refractivity contribution in [3.05, 3.63) is 29.8 Å². The van der Waals surface area contributed by atoms with Crippen LogP contribution in [0.3, 0.4) is 0 Å². The van der Waals surface area contributed by atoms with E-state index in [9.17, 15) is 9.59 Å². The largest absolute Gasteiger partial charge is 0.496 e. The maximum Gasteiger partial charge on any atom is 0.315 e. The molecule has 0 saturated heterocycles. The van der Waals surface area contributed by atoms with Crippen molar-refractivity contribution in [3.8, 4) is 5.75 Å². The molecule has 5 nitrogen and oxygen atoms in total. The van der Waals surface area contributed by atoms with Crippen molar-refractivity contribution in [1.29, 1.82) is 0 Å². The predicted molar refractivity (Wildman–Crippen MR) is 71.0 cm³/mol. The SMILES string of the molecule is CCC(NC(=O)C(C)C(=O)O)c1ccccc1OC. The number of rotatable bonds is 6. The Hall–Kier alpha value is -2.04. The molecule has 0 radical (unpaired) electrons. The number of aliphatic carboxylic acids is 1. The Morgan fingerprint density at radius 3 is 2.53 bits per heavy atom. The monoisotopic (exact) mass is 265 g/mol. The molecule has 2 N–H and O–H groups in total. The standard InChI is InChI=1S/C14H19NO4/c1-4-11(15-13(16)9(2)14(17)18)10-7-5-6-8-12(10)19-3/h5-9,11H,4H2,1-3H3,(H,15,16)(H,17,18). The van der Waals surface area contributed by atoms with Crippen LogP contribution in [0.5, 0.6) is 5.75 Å². The van der Waals surface area contributed by atoms with Gasteiger partial charge in [-0.2, -0.15) is 0 Å². The van der Waals surface area contributed by atoms with E-state index in [1.165, 1.54) is 6.92 Å². The second-order valence-corrected chi connectivity index (χ2v) is 4.27. The van der Waals surface area contributed by atoms with Gasteiger partial charge < -0.3 is 15.2 Å². The number of carboxylic acid groups (broad SMARTS) is 1. The van der Waals surface area contributed by atoms with Crippen molar-refractivity contribution >= 4 is 11.9 Å². The molecule has 5 heteroatoms. The number of carboxylic acids is 1. The first kappa shape index (κ1) is 15.0. The lowest BCUT2D eigenvalue weighted by atomic mass is 10.0. The molecule has 1 amide bonds. The van der Waals surface area contributed by atoms with Crippen LogP contribution in [0.1, 0.15) is 31.9 Å². The number of para-hydroxylation sites is 1. The smallest absolute Gasteiger partial charge is 0.315 e. The van der Waals surface area contributed by atoms with Crippen LogP contribution < -0.4 is 10.1 Å². The molecule has 0 aliphatic carbocycles. The normalized spacial score (nSPS) is 13.4. The minimum atomic E-state index is -1.13. The van der Waals surface area contributed by atoms with Crippen LogP contribution in [0.4, 0.5) is 0 Å². The third-order valence-electron chi connectivity index (χ3n) is 3.00. The molecule has 0 aromatic heterocycles. The summed E-state index contributed by atoms with van der Waals surface area (Å²) in [5, 5.41) is 11.6. The molecule has 19 heavy (non-hydrogen) atoms. The average Bonchev–Trinajstić information content (AvgIpc) is 2.43. The Bertz CT molecular complexity index is 459. The van der Waals surface area contributed by atoms with Crippen LogP contribution in [0.15, 0.2) is 24.3 Å². The van der Waals surface area contributed by atoms with Crippen LogP contribution in [0.2, 0.25) is 0 Å². The van der Waals surface area contributed by atoms with Crippen LogP contribution >= 0.6 is 0 Å². The van der Waals surface area contributed by atoms with E-state index in [4.69, 9.17) is 9.84 Å². The van der Waals surface area contributed by atoms with Gasteiger partial charge >= 0.3 is 5.97 Å². The Morgan fingerprint density at radius 1 is 1.37 bits per heavy atom. The van der Waals surface area contributed by atoms with Gasteiger partial charge in [0.25, 0.3) is 0 Å². The van der Waals surface area contributed by atoms with Crippen molar-refractivity contribution in [3.63, 3.8) is 0 Å². The summed E-state index contributed by atoms with van der Waals surface area (Å²) in [6.07, 6.45) is 0.651. The molecule has 1 aromatic rings. The summed E-state index contributed by atoms with van der Waals surface area (Å²) in [5.74, 6) is -2.01. The van der Waals surface area contributed by atoms with Crippen LogP contribution in [-0.2, 0) is 9.59 Å². The van der Waals surface area contributed by atoms with Crippen molar-refractivity contribution in [2.75, 3.05) is 7.11 Å². The maximum atomic E-state index is 11.8.